The second-order valence-corrected chi connectivity index (χ2v) is 8.27. The van der Waals surface area contributed by atoms with E-state index < -0.39 is 6.10 Å². The zero-order valence-electron chi connectivity index (χ0n) is 15.3. The standard InChI is InChI=1S/C20H22BrNO4S/c1-3-25-20(24)17-13-8-4-7-11-16(13)27-19(17)22-18(23)12(2)26-15-10-6-5-9-14(15)21/h5-6,9-10,12H,3-4,7-8,11H2,1-2H3,(H,22,23)/t12-/m1/s1. The van der Waals surface area contributed by atoms with Crippen molar-refractivity contribution in [1.82, 2.24) is 0 Å². The second-order valence-electron chi connectivity index (χ2n) is 6.32. The maximum atomic E-state index is 12.7. The van der Waals surface area contributed by atoms with Crippen LogP contribution in [0.3, 0.4) is 0 Å². The molecule has 3 rings (SSSR count). The fourth-order valence-electron chi connectivity index (χ4n) is 3.07. The minimum atomic E-state index is -0.710. The third kappa shape index (κ3) is 4.52. The smallest absolute Gasteiger partial charge is 0.341 e. The van der Waals surface area contributed by atoms with Gasteiger partial charge >= 0.3 is 5.97 Å². The summed E-state index contributed by atoms with van der Waals surface area (Å²) in [5, 5.41) is 3.45. The van der Waals surface area contributed by atoms with Crippen LogP contribution < -0.4 is 10.1 Å². The highest BCUT2D eigenvalue weighted by molar-refractivity contribution is 9.10. The lowest BCUT2D eigenvalue weighted by Gasteiger charge is -2.16. The second kappa shape index (κ2) is 8.89. The highest BCUT2D eigenvalue weighted by atomic mass is 79.9. The summed E-state index contributed by atoms with van der Waals surface area (Å²) in [5.74, 6) is -0.0716. The van der Waals surface area contributed by atoms with Crippen LogP contribution in [-0.4, -0.2) is 24.6 Å². The molecule has 0 unspecified atom stereocenters. The van der Waals surface area contributed by atoms with Gasteiger partial charge in [0, 0.05) is 4.88 Å². The molecular formula is C20H22BrNO4S. The van der Waals surface area contributed by atoms with E-state index in [0.29, 0.717) is 22.9 Å². The highest BCUT2D eigenvalue weighted by Crippen LogP contribution is 2.38. The average Bonchev–Trinajstić information content (AvgIpc) is 3.01. The third-order valence-corrected chi connectivity index (χ3v) is 6.26. The van der Waals surface area contributed by atoms with Gasteiger partial charge in [0.15, 0.2) is 6.10 Å². The Hall–Kier alpha value is -1.86. The van der Waals surface area contributed by atoms with Crippen LogP contribution in [0.5, 0.6) is 5.75 Å². The Morgan fingerprint density at radius 3 is 2.74 bits per heavy atom. The number of rotatable bonds is 6. The van der Waals surface area contributed by atoms with Gasteiger partial charge in [0.05, 0.1) is 16.6 Å². The fourth-order valence-corrected chi connectivity index (χ4v) is 4.73. The lowest BCUT2D eigenvalue weighted by Crippen LogP contribution is -2.30. The monoisotopic (exact) mass is 451 g/mol. The number of para-hydroxylation sites is 1. The summed E-state index contributed by atoms with van der Waals surface area (Å²) in [5.41, 5.74) is 1.54. The molecule has 1 N–H and O–H groups in total. The van der Waals surface area contributed by atoms with Crippen molar-refractivity contribution < 1.29 is 19.1 Å². The van der Waals surface area contributed by atoms with Crippen LogP contribution in [0.15, 0.2) is 28.7 Å². The Morgan fingerprint density at radius 2 is 2.00 bits per heavy atom. The summed E-state index contributed by atoms with van der Waals surface area (Å²) in [7, 11) is 0. The number of thiophene rings is 1. The molecular weight excluding hydrogens is 430 g/mol. The van der Waals surface area contributed by atoms with Crippen molar-refractivity contribution in [2.75, 3.05) is 11.9 Å². The minimum absolute atomic E-state index is 0.296. The van der Waals surface area contributed by atoms with Gasteiger partial charge in [-0.05, 0) is 73.2 Å². The van der Waals surface area contributed by atoms with Crippen LogP contribution in [-0.2, 0) is 22.4 Å². The van der Waals surface area contributed by atoms with Crippen molar-refractivity contribution in [3.8, 4) is 5.75 Å². The van der Waals surface area contributed by atoms with E-state index in [2.05, 4.69) is 21.2 Å². The molecule has 0 aliphatic heterocycles. The lowest BCUT2D eigenvalue weighted by molar-refractivity contribution is -0.122. The molecule has 1 aromatic carbocycles. The van der Waals surface area contributed by atoms with Crippen LogP contribution in [0.2, 0.25) is 0 Å². The first-order chi connectivity index (χ1) is 13.0. The molecule has 1 aliphatic rings. The van der Waals surface area contributed by atoms with Gasteiger partial charge in [-0.1, -0.05) is 12.1 Å². The van der Waals surface area contributed by atoms with E-state index in [1.54, 1.807) is 19.9 Å². The van der Waals surface area contributed by atoms with Gasteiger partial charge in [-0.2, -0.15) is 0 Å². The first-order valence-electron chi connectivity index (χ1n) is 9.05. The largest absolute Gasteiger partial charge is 0.480 e. The van der Waals surface area contributed by atoms with Gasteiger partial charge in [0.25, 0.3) is 5.91 Å². The number of halogens is 1. The van der Waals surface area contributed by atoms with E-state index in [4.69, 9.17) is 9.47 Å². The van der Waals surface area contributed by atoms with E-state index in [-0.39, 0.29) is 11.9 Å². The molecule has 0 spiro atoms. The van der Waals surface area contributed by atoms with Crippen LogP contribution in [0.4, 0.5) is 5.00 Å². The van der Waals surface area contributed by atoms with Crippen LogP contribution in [0.1, 0.15) is 47.5 Å². The highest BCUT2D eigenvalue weighted by Gasteiger charge is 2.28. The third-order valence-electron chi connectivity index (χ3n) is 4.40. The number of ether oxygens (including phenoxy) is 2. The molecule has 0 saturated carbocycles. The molecule has 5 nitrogen and oxygen atoms in total. The van der Waals surface area contributed by atoms with Crippen molar-refractivity contribution >= 4 is 44.1 Å². The summed E-state index contributed by atoms with van der Waals surface area (Å²) in [6, 6.07) is 7.37. The summed E-state index contributed by atoms with van der Waals surface area (Å²) in [4.78, 5) is 26.3. The molecule has 1 heterocycles. The summed E-state index contributed by atoms with van der Waals surface area (Å²) in [6.07, 6.45) is 3.22. The lowest BCUT2D eigenvalue weighted by atomic mass is 9.95. The SMILES string of the molecule is CCOC(=O)c1c(NC(=O)[C@@H](C)Oc2ccccc2Br)sc2c1CCCC2. The van der Waals surface area contributed by atoms with Crippen molar-refractivity contribution in [3.05, 3.63) is 44.7 Å². The number of hydrogen-bond acceptors (Lipinski definition) is 5. The maximum absolute atomic E-state index is 12.7. The number of hydrogen-bond donors (Lipinski definition) is 1. The summed E-state index contributed by atoms with van der Waals surface area (Å²) >= 11 is 4.89. The average molecular weight is 452 g/mol. The topological polar surface area (TPSA) is 64.6 Å². The van der Waals surface area contributed by atoms with Crippen LogP contribution in [0, 0.1) is 0 Å². The molecule has 1 aliphatic carbocycles. The number of anilines is 1. The predicted molar refractivity (Wildman–Crippen MR) is 110 cm³/mol. The Kier molecular flexibility index (Phi) is 6.55. The first kappa shape index (κ1) is 19.9. The van der Waals surface area contributed by atoms with Crippen molar-refractivity contribution in [2.45, 2.75) is 45.6 Å². The zero-order valence-corrected chi connectivity index (χ0v) is 17.7. The number of fused-ring (bicyclic) bond motifs is 1. The Morgan fingerprint density at radius 1 is 1.26 bits per heavy atom. The number of carbonyl (C=O) groups excluding carboxylic acids is 2. The Labute approximate surface area is 171 Å². The normalized spacial score (nSPS) is 14.2. The molecule has 144 valence electrons. The van der Waals surface area contributed by atoms with E-state index >= 15 is 0 Å². The summed E-state index contributed by atoms with van der Waals surface area (Å²) < 4.78 is 11.8. The van der Waals surface area contributed by atoms with Gasteiger partial charge in [-0.3, -0.25) is 4.79 Å². The van der Waals surface area contributed by atoms with Crippen LogP contribution in [0.25, 0.3) is 0 Å². The molecule has 0 saturated heterocycles. The molecule has 0 radical (unpaired) electrons. The van der Waals surface area contributed by atoms with Crippen molar-refractivity contribution in [1.29, 1.82) is 0 Å². The van der Waals surface area contributed by atoms with Gasteiger partial charge in [-0.25, -0.2) is 4.79 Å². The Bertz CT molecular complexity index is 849. The Balaban J connectivity index is 1.80. The van der Waals surface area contributed by atoms with Crippen molar-refractivity contribution in [3.63, 3.8) is 0 Å². The summed E-state index contributed by atoms with van der Waals surface area (Å²) in [6.45, 7) is 3.77. The van der Waals surface area contributed by atoms with E-state index in [1.807, 2.05) is 18.2 Å². The minimum Gasteiger partial charge on any atom is -0.480 e. The van der Waals surface area contributed by atoms with Gasteiger partial charge in [0.1, 0.15) is 10.8 Å². The number of aryl methyl sites for hydroxylation is 1. The molecule has 0 bridgehead atoms. The number of carbonyl (C=O) groups is 2. The van der Waals surface area contributed by atoms with Crippen molar-refractivity contribution in [2.24, 2.45) is 0 Å². The predicted octanol–water partition coefficient (Wildman–Crippen LogP) is 4.97. The molecule has 0 fully saturated rings. The molecule has 27 heavy (non-hydrogen) atoms. The number of benzene rings is 1. The number of esters is 1. The van der Waals surface area contributed by atoms with E-state index in [9.17, 15) is 9.59 Å². The number of amides is 1. The molecule has 7 heteroatoms. The van der Waals surface area contributed by atoms with E-state index in [1.165, 1.54) is 16.2 Å². The quantitative estimate of drug-likeness (QED) is 0.629. The molecule has 2 aromatic rings. The van der Waals surface area contributed by atoms with Gasteiger partial charge < -0.3 is 14.8 Å². The number of nitrogens with one attached hydrogen (secondary N) is 1. The zero-order chi connectivity index (χ0) is 19.4. The molecule has 1 aromatic heterocycles. The van der Waals surface area contributed by atoms with Gasteiger partial charge in [-0.15, -0.1) is 11.3 Å². The van der Waals surface area contributed by atoms with Crippen LogP contribution >= 0.6 is 27.3 Å². The molecule has 1 atom stereocenters. The fraction of sp³-hybridized carbons (Fsp3) is 0.400. The van der Waals surface area contributed by atoms with Gasteiger partial charge in [0.2, 0.25) is 0 Å². The maximum Gasteiger partial charge on any atom is 0.341 e. The molecule has 1 amide bonds. The van der Waals surface area contributed by atoms with E-state index in [0.717, 1.165) is 35.7 Å². The first-order valence-corrected chi connectivity index (χ1v) is 10.7.